The average molecular weight is 294 g/mol. The molecule has 1 spiro atoms. The third-order valence-corrected chi connectivity index (χ3v) is 4.26. The minimum absolute atomic E-state index is 0.0193. The van der Waals surface area contributed by atoms with Crippen molar-refractivity contribution in [3.05, 3.63) is 24.2 Å². The number of carbonyl (C=O) groups is 2. The van der Waals surface area contributed by atoms with Crippen LogP contribution in [0.1, 0.15) is 23.4 Å². The SMILES string of the molecule is CN1CCC2(CC1)OC[C@@H](C(=O)O)N2C(=O)c1ccco1. The molecule has 2 fully saturated rings. The monoisotopic (exact) mass is 294 g/mol. The highest BCUT2D eigenvalue weighted by atomic mass is 16.5. The summed E-state index contributed by atoms with van der Waals surface area (Å²) in [5.74, 6) is -1.33. The summed E-state index contributed by atoms with van der Waals surface area (Å²) in [7, 11) is 2.00. The van der Waals surface area contributed by atoms with Crippen LogP contribution >= 0.6 is 0 Å². The normalized spacial score (nSPS) is 25.4. The van der Waals surface area contributed by atoms with Crippen LogP contribution < -0.4 is 0 Å². The highest BCUT2D eigenvalue weighted by Crippen LogP contribution is 2.38. The van der Waals surface area contributed by atoms with Gasteiger partial charge in [-0.1, -0.05) is 0 Å². The van der Waals surface area contributed by atoms with E-state index >= 15 is 0 Å². The Morgan fingerprint density at radius 1 is 1.38 bits per heavy atom. The molecule has 1 amide bonds. The van der Waals surface area contributed by atoms with Gasteiger partial charge in [-0.05, 0) is 19.2 Å². The summed E-state index contributed by atoms with van der Waals surface area (Å²) in [6, 6.07) is 2.19. The fourth-order valence-corrected chi connectivity index (χ4v) is 3.04. The Hall–Kier alpha value is -1.86. The summed E-state index contributed by atoms with van der Waals surface area (Å²) < 4.78 is 10.9. The Labute approximate surface area is 122 Å². The van der Waals surface area contributed by atoms with Crippen molar-refractivity contribution in [1.29, 1.82) is 0 Å². The number of aliphatic carboxylic acids is 1. The molecule has 7 heteroatoms. The summed E-state index contributed by atoms with van der Waals surface area (Å²) >= 11 is 0. The van der Waals surface area contributed by atoms with Crippen LogP contribution in [0.5, 0.6) is 0 Å². The topological polar surface area (TPSA) is 83.2 Å². The number of nitrogens with zero attached hydrogens (tertiary/aromatic N) is 2. The molecular formula is C14H18N2O5. The van der Waals surface area contributed by atoms with Gasteiger partial charge in [-0.25, -0.2) is 4.79 Å². The maximum absolute atomic E-state index is 12.7. The second-order valence-corrected chi connectivity index (χ2v) is 5.57. The molecule has 0 radical (unpaired) electrons. The van der Waals surface area contributed by atoms with Crippen LogP contribution in [-0.2, 0) is 9.53 Å². The van der Waals surface area contributed by atoms with E-state index in [1.807, 2.05) is 7.05 Å². The minimum Gasteiger partial charge on any atom is -0.480 e. The third-order valence-electron chi connectivity index (χ3n) is 4.26. The minimum atomic E-state index is -1.05. The van der Waals surface area contributed by atoms with Gasteiger partial charge in [0.25, 0.3) is 5.91 Å². The Kier molecular flexibility index (Phi) is 3.46. The van der Waals surface area contributed by atoms with Gasteiger partial charge in [-0.2, -0.15) is 0 Å². The summed E-state index contributed by atoms with van der Waals surface area (Å²) in [6.07, 6.45) is 2.60. The van der Waals surface area contributed by atoms with Crippen molar-refractivity contribution < 1.29 is 23.8 Å². The number of furan rings is 1. The van der Waals surface area contributed by atoms with Gasteiger partial charge in [0, 0.05) is 25.9 Å². The van der Waals surface area contributed by atoms with Crippen LogP contribution in [0.15, 0.2) is 22.8 Å². The number of hydrogen-bond donors (Lipinski definition) is 1. The van der Waals surface area contributed by atoms with Gasteiger partial charge in [0.05, 0.1) is 12.9 Å². The van der Waals surface area contributed by atoms with E-state index in [1.165, 1.54) is 11.2 Å². The van der Waals surface area contributed by atoms with E-state index in [2.05, 4.69) is 4.90 Å². The van der Waals surface area contributed by atoms with E-state index in [4.69, 9.17) is 9.15 Å². The molecular weight excluding hydrogens is 276 g/mol. The van der Waals surface area contributed by atoms with Crippen molar-refractivity contribution in [2.75, 3.05) is 26.7 Å². The number of carbonyl (C=O) groups excluding carboxylic acids is 1. The first-order chi connectivity index (χ1) is 10.0. The van der Waals surface area contributed by atoms with Crippen molar-refractivity contribution in [1.82, 2.24) is 9.80 Å². The van der Waals surface area contributed by atoms with Gasteiger partial charge >= 0.3 is 5.97 Å². The molecule has 114 valence electrons. The molecule has 0 unspecified atom stereocenters. The predicted octanol–water partition coefficient (Wildman–Crippen LogP) is 0.627. The van der Waals surface area contributed by atoms with Gasteiger partial charge in [0.1, 0.15) is 5.72 Å². The number of piperidine rings is 1. The smallest absolute Gasteiger partial charge is 0.328 e. The molecule has 3 rings (SSSR count). The molecule has 21 heavy (non-hydrogen) atoms. The summed E-state index contributed by atoms with van der Waals surface area (Å²) in [6.45, 7) is 1.54. The number of rotatable bonds is 2. The van der Waals surface area contributed by atoms with E-state index in [0.717, 1.165) is 13.1 Å². The van der Waals surface area contributed by atoms with E-state index < -0.39 is 23.6 Å². The van der Waals surface area contributed by atoms with Gasteiger partial charge in [0.15, 0.2) is 11.8 Å². The summed E-state index contributed by atoms with van der Waals surface area (Å²) in [5.41, 5.74) is -0.834. The van der Waals surface area contributed by atoms with Crippen LogP contribution in [-0.4, -0.2) is 65.3 Å². The van der Waals surface area contributed by atoms with E-state index in [-0.39, 0.29) is 12.4 Å². The van der Waals surface area contributed by atoms with Crippen LogP contribution in [0.3, 0.4) is 0 Å². The number of likely N-dealkylation sites (tertiary alicyclic amines) is 1. The van der Waals surface area contributed by atoms with Gasteiger partial charge in [-0.3, -0.25) is 9.69 Å². The Bertz CT molecular complexity index is 534. The van der Waals surface area contributed by atoms with Gasteiger partial charge < -0.3 is 19.2 Å². The Morgan fingerprint density at radius 3 is 2.67 bits per heavy atom. The second-order valence-electron chi connectivity index (χ2n) is 5.57. The fourth-order valence-electron chi connectivity index (χ4n) is 3.04. The zero-order valence-electron chi connectivity index (χ0n) is 11.8. The Morgan fingerprint density at radius 2 is 2.10 bits per heavy atom. The highest BCUT2D eigenvalue weighted by molar-refractivity contribution is 5.95. The lowest BCUT2D eigenvalue weighted by Crippen LogP contribution is -2.57. The van der Waals surface area contributed by atoms with Crippen LogP contribution in [0.4, 0.5) is 0 Å². The van der Waals surface area contributed by atoms with Crippen LogP contribution in [0.25, 0.3) is 0 Å². The quantitative estimate of drug-likeness (QED) is 0.861. The number of carboxylic acids is 1. The standard InChI is InChI=1S/C14H18N2O5/c1-15-6-4-14(5-7-15)16(10(9-21-14)13(18)19)12(17)11-3-2-8-20-11/h2-3,8,10H,4-7,9H2,1H3,(H,18,19)/t10-/m0/s1. The van der Waals surface area contributed by atoms with E-state index in [1.54, 1.807) is 12.1 Å². The first-order valence-electron chi connectivity index (χ1n) is 6.96. The lowest BCUT2D eigenvalue weighted by atomic mass is 9.98. The van der Waals surface area contributed by atoms with Crippen molar-refractivity contribution in [2.24, 2.45) is 0 Å². The Balaban J connectivity index is 1.93. The van der Waals surface area contributed by atoms with Gasteiger partial charge in [0.2, 0.25) is 0 Å². The molecule has 0 aromatic carbocycles. The second kappa shape index (κ2) is 5.16. The molecule has 7 nitrogen and oxygen atoms in total. The van der Waals surface area contributed by atoms with E-state index in [0.29, 0.717) is 12.8 Å². The lowest BCUT2D eigenvalue weighted by Gasteiger charge is -2.43. The van der Waals surface area contributed by atoms with Crippen molar-refractivity contribution in [2.45, 2.75) is 24.6 Å². The average Bonchev–Trinajstić information content (AvgIpc) is 3.10. The predicted molar refractivity (Wildman–Crippen MR) is 71.7 cm³/mol. The molecule has 2 aliphatic rings. The zero-order chi connectivity index (χ0) is 15.0. The molecule has 0 saturated carbocycles. The fraction of sp³-hybridized carbons (Fsp3) is 0.571. The highest BCUT2D eigenvalue weighted by Gasteiger charge is 2.54. The van der Waals surface area contributed by atoms with Crippen LogP contribution in [0.2, 0.25) is 0 Å². The molecule has 1 N–H and O–H groups in total. The molecule has 2 saturated heterocycles. The molecule has 2 aliphatic heterocycles. The molecule has 1 aromatic heterocycles. The van der Waals surface area contributed by atoms with E-state index in [9.17, 15) is 14.7 Å². The number of hydrogen-bond acceptors (Lipinski definition) is 5. The lowest BCUT2D eigenvalue weighted by molar-refractivity contribution is -0.143. The van der Waals surface area contributed by atoms with Crippen molar-refractivity contribution >= 4 is 11.9 Å². The number of ether oxygens (including phenoxy) is 1. The molecule has 1 atom stereocenters. The van der Waals surface area contributed by atoms with Crippen molar-refractivity contribution in [3.63, 3.8) is 0 Å². The third kappa shape index (κ3) is 2.32. The van der Waals surface area contributed by atoms with Crippen molar-refractivity contribution in [3.8, 4) is 0 Å². The van der Waals surface area contributed by atoms with Crippen LogP contribution in [0, 0.1) is 0 Å². The molecule has 0 aliphatic carbocycles. The first-order valence-corrected chi connectivity index (χ1v) is 6.96. The number of amides is 1. The van der Waals surface area contributed by atoms with Gasteiger partial charge in [-0.15, -0.1) is 0 Å². The first kappa shape index (κ1) is 14.1. The maximum atomic E-state index is 12.7. The summed E-state index contributed by atoms with van der Waals surface area (Å²) in [4.78, 5) is 27.6. The largest absolute Gasteiger partial charge is 0.480 e. The summed E-state index contributed by atoms with van der Waals surface area (Å²) in [5, 5.41) is 9.38. The maximum Gasteiger partial charge on any atom is 0.328 e. The molecule has 3 heterocycles. The zero-order valence-corrected chi connectivity index (χ0v) is 11.8. The number of carboxylic acid groups (broad SMARTS) is 1. The molecule has 1 aromatic rings. The molecule has 0 bridgehead atoms.